The van der Waals surface area contributed by atoms with Crippen LogP contribution in [0.15, 0.2) is 52.0 Å². The van der Waals surface area contributed by atoms with Gasteiger partial charge in [0.05, 0.1) is 13.3 Å². The summed E-state index contributed by atoms with van der Waals surface area (Å²) in [5, 5.41) is 3.94. The smallest absolute Gasteiger partial charge is 0.277 e. The maximum Gasteiger partial charge on any atom is 0.277 e. The second kappa shape index (κ2) is 9.84. The van der Waals surface area contributed by atoms with Crippen LogP contribution < -0.4 is 14.9 Å². The lowest BCUT2D eigenvalue weighted by atomic mass is 10.1. The molecule has 0 aliphatic heterocycles. The molecule has 0 unspecified atom stereocenters. The summed E-state index contributed by atoms with van der Waals surface area (Å²) in [5.41, 5.74) is 4.50. The van der Waals surface area contributed by atoms with Crippen LogP contribution in [0.25, 0.3) is 0 Å². The summed E-state index contributed by atoms with van der Waals surface area (Å²) in [6, 6.07) is 13.3. The van der Waals surface area contributed by atoms with Crippen molar-refractivity contribution in [3.63, 3.8) is 0 Å². The first-order valence-corrected chi connectivity index (χ1v) is 8.79. The summed E-state index contributed by atoms with van der Waals surface area (Å²) in [7, 11) is 1.60. The standard InChI is InChI=1S/C19H21BrN2O3/c1-3-4-14-5-7-16(8-6-14)25-13-19(23)22-21-12-15-11-17(24-2)9-10-18(15)20/h5-12H,3-4,13H2,1-2H3,(H,22,23)/b21-12+. The van der Waals surface area contributed by atoms with Gasteiger partial charge in [-0.15, -0.1) is 0 Å². The van der Waals surface area contributed by atoms with Crippen molar-refractivity contribution in [2.45, 2.75) is 19.8 Å². The fraction of sp³-hybridized carbons (Fsp3) is 0.263. The zero-order valence-electron chi connectivity index (χ0n) is 14.3. The molecule has 0 saturated heterocycles. The molecule has 0 aromatic heterocycles. The minimum absolute atomic E-state index is 0.0935. The van der Waals surface area contributed by atoms with Gasteiger partial charge in [-0.3, -0.25) is 4.79 Å². The number of hydrogen-bond donors (Lipinski definition) is 1. The molecule has 1 N–H and O–H groups in total. The van der Waals surface area contributed by atoms with E-state index in [1.165, 1.54) is 5.56 Å². The number of carbonyl (C=O) groups excluding carboxylic acids is 1. The fourth-order valence-corrected chi connectivity index (χ4v) is 2.49. The molecule has 6 heteroatoms. The number of hydrogen-bond acceptors (Lipinski definition) is 4. The number of carbonyl (C=O) groups is 1. The number of hydrazone groups is 1. The maximum absolute atomic E-state index is 11.8. The van der Waals surface area contributed by atoms with Crippen molar-refractivity contribution in [1.82, 2.24) is 5.43 Å². The van der Waals surface area contributed by atoms with E-state index in [-0.39, 0.29) is 12.5 Å². The number of nitrogens with one attached hydrogen (secondary N) is 1. The lowest BCUT2D eigenvalue weighted by molar-refractivity contribution is -0.123. The fourth-order valence-electron chi connectivity index (χ4n) is 2.14. The van der Waals surface area contributed by atoms with Crippen LogP contribution in [0.2, 0.25) is 0 Å². The van der Waals surface area contributed by atoms with Crippen molar-refractivity contribution >= 4 is 28.1 Å². The Bertz CT molecular complexity index is 730. The minimum atomic E-state index is -0.326. The van der Waals surface area contributed by atoms with Gasteiger partial charge in [-0.1, -0.05) is 41.4 Å². The van der Waals surface area contributed by atoms with E-state index in [0.717, 1.165) is 22.9 Å². The second-order valence-electron chi connectivity index (χ2n) is 5.36. The Balaban J connectivity index is 1.82. The molecule has 0 aliphatic carbocycles. The molecular weight excluding hydrogens is 384 g/mol. The predicted molar refractivity (Wildman–Crippen MR) is 102 cm³/mol. The molecule has 132 valence electrons. The maximum atomic E-state index is 11.8. The van der Waals surface area contributed by atoms with Crippen molar-refractivity contribution in [2.75, 3.05) is 13.7 Å². The molecule has 2 aromatic carbocycles. The summed E-state index contributed by atoms with van der Waals surface area (Å²) in [4.78, 5) is 11.8. The first-order chi connectivity index (χ1) is 12.1. The van der Waals surface area contributed by atoms with Gasteiger partial charge in [0, 0.05) is 10.0 Å². The van der Waals surface area contributed by atoms with Gasteiger partial charge in [-0.25, -0.2) is 5.43 Å². The van der Waals surface area contributed by atoms with Gasteiger partial charge < -0.3 is 9.47 Å². The molecule has 0 atom stereocenters. The number of methoxy groups -OCH3 is 1. The Morgan fingerprint density at radius 2 is 1.92 bits per heavy atom. The van der Waals surface area contributed by atoms with E-state index in [9.17, 15) is 4.79 Å². The van der Waals surface area contributed by atoms with Crippen LogP contribution in [0.5, 0.6) is 11.5 Å². The van der Waals surface area contributed by atoms with Gasteiger partial charge in [-0.05, 0) is 42.3 Å². The summed E-state index contributed by atoms with van der Waals surface area (Å²) in [5.74, 6) is 1.05. The van der Waals surface area contributed by atoms with E-state index in [0.29, 0.717) is 11.5 Å². The molecule has 0 saturated carbocycles. The van der Waals surface area contributed by atoms with E-state index in [2.05, 4.69) is 33.4 Å². The first-order valence-electron chi connectivity index (χ1n) is 7.99. The quantitative estimate of drug-likeness (QED) is 0.535. The summed E-state index contributed by atoms with van der Waals surface area (Å²) in [6.45, 7) is 2.04. The molecule has 25 heavy (non-hydrogen) atoms. The molecule has 0 spiro atoms. The van der Waals surface area contributed by atoms with E-state index < -0.39 is 0 Å². The number of nitrogens with zero attached hydrogens (tertiary/aromatic N) is 1. The number of amides is 1. The van der Waals surface area contributed by atoms with Crippen LogP contribution in [-0.2, 0) is 11.2 Å². The van der Waals surface area contributed by atoms with Crippen LogP contribution >= 0.6 is 15.9 Å². The molecule has 0 fully saturated rings. The molecule has 0 bridgehead atoms. The molecular formula is C19H21BrN2O3. The van der Waals surface area contributed by atoms with Crippen LogP contribution in [0, 0.1) is 0 Å². The normalized spacial score (nSPS) is 10.7. The molecule has 5 nitrogen and oxygen atoms in total. The third-order valence-corrected chi connectivity index (χ3v) is 4.15. The van der Waals surface area contributed by atoms with Crippen LogP contribution in [-0.4, -0.2) is 25.8 Å². The van der Waals surface area contributed by atoms with Crippen molar-refractivity contribution in [2.24, 2.45) is 5.10 Å². The van der Waals surface area contributed by atoms with Gasteiger partial charge >= 0.3 is 0 Å². The Morgan fingerprint density at radius 3 is 2.60 bits per heavy atom. The average Bonchev–Trinajstić information content (AvgIpc) is 2.63. The number of rotatable bonds is 8. The van der Waals surface area contributed by atoms with Gasteiger partial charge in [0.1, 0.15) is 11.5 Å². The molecule has 1 amide bonds. The third kappa shape index (κ3) is 6.23. The lowest BCUT2D eigenvalue weighted by Crippen LogP contribution is -2.24. The Morgan fingerprint density at radius 1 is 1.20 bits per heavy atom. The van der Waals surface area contributed by atoms with Crippen LogP contribution in [0.4, 0.5) is 0 Å². The number of ether oxygens (including phenoxy) is 2. The number of aryl methyl sites for hydroxylation is 1. The largest absolute Gasteiger partial charge is 0.497 e. The highest BCUT2D eigenvalue weighted by Gasteiger charge is 2.03. The minimum Gasteiger partial charge on any atom is -0.497 e. The monoisotopic (exact) mass is 404 g/mol. The Labute approximate surface area is 156 Å². The second-order valence-corrected chi connectivity index (χ2v) is 6.22. The van der Waals surface area contributed by atoms with Crippen molar-refractivity contribution in [3.05, 3.63) is 58.1 Å². The molecule has 0 aliphatic rings. The van der Waals surface area contributed by atoms with Gasteiger partial charge in [-0.2, -0.15) is 5.10 Å². The highest BCUT2D eigenvalue weighted by Crippen LogP contribution is 2.20. The van der Waals surface area contributed by atoms with Gasteiger partial charge in [0.15, 0.2) is 6.61 Å². The topological polar surface area (TPSA) is 59.9 Å². The van der Waals surface area contributed by atoms with Crippen LogP contribution in [0.3, 0.4) is 0 Å². The van der Waals surface area contributed by atoms with Crippen molar-refractivity contribution in [1.29, 1.82) is 0 Å². The zero-order valence-corrected chi connectivity index (χ0v) is 15.9. The molecule has 0 radical (unpaired) electrons. The molecule has 2 rings (SSSR count). The summed E-state index contributed by atoms with van der Waals surface area (Å²) >= 11 is 3.42. The lowest BCUT2D eigenvalue weighted by Gasteiger charge is -2.06. The van der Waals surface area contributed by atoms with Crippen LogP contribution in [0.1, 0.15) is 24.5 Å². The van der Waals surface area contributed by atoms with Gasteiger partial charge in [0.25, 0.3) is 5.91 Å². The zero-order chi connectivity index (χ0) is 18.1. The van der Waals surface area contributed by atoms with E-state index in [1.54, 1.807) is 13.3 Å². The third-order valence-electron chi connectivity index (χ3n) is 3.43. The summed E-state index contributed by atoms with van der Waals surface area (Å²) in [6.07, 6.45) is 3.68. The predicted octanol–water partition coefficient (Wildman–Crippen LogP) is 3.94. The number of halogens is 1. The number of benzene rings is 2. The highest BCUT2D eigenvalue weighted by molar-refractivity contribution is 9.10. The summed E-state index contributed by atoms with van der Waals surface area (Å²) < 4.78 is 11.5. The first kappa shape index (κ1) is 19.0. The molecule has 2 aromatic rings. The Kier molecular flexibility index (Phi) is 7.47. The van der Waals surface area contributed by atoms with Crippen molar-refractivity contribution in [3.8, 4) is 11.5 Å². The van der Waals surface area contributed by atoms with E-state index >= 15 is 0 Å². The molecule has 0 heterocycles. The van der Waals surface area contributed by atoms with Crippen molar-refractivity contribution < 1.29 is 14.3 Å². The average molecular weight is 405 g/mol. The highest BCUT2D eigenvalue weighted by atomic mass is 79.9. The Hall–Kier alpha value is -2.34. The van der Waals surface area contributed by atoms with E-state index in [1.807, 2.05) is 42.5 Å². The van der Waals surface area contributed by atoms with E-state index in [4.69, 9.17) is 9.47 Å². The van der Waals surface area contributed by atoms with Gasteiger partial charge in [0.2, 0.25) is 0 Å². The SMILES string of the molecule is CCCc1ccc(OCC(=O)N/N=C/c2cc(OC)ccc2Br)cc1.